The molecule has 3 aromatic rings. The molecule has 0 radical (unpaired) electrons. The highest BCUT2D eigenvalue weighted by atomic mass is 15.1. The summed E-state index contributed by atoms with van der Waals surface area (Å²) in [6.45, 7) is 1.56. The van der Waals surface area contributed by atoms with E-state index in [4.69, 9.17) is 5.26 Å². The predicted molar refractivity (Wildman–Crippen MR) is 84.2 cm³/mol. The van der Waals surface area contributed by atoms with E-state index in [0.29, 0.717) is 5.56 Å². The standard InChI is InChI=1S/C17H17N5/c1-21(13-17-19-7-8-20-17)12-16-6-3-9-22(16)15-5-2-4-14(10-15)11-18/h2-10H,12-13H2,1H3,(H,19,20). The van der Waals surface area contributed by atoms with Crippen molar-refractivity contribution < 1.29 is 0 Å². The number of benzene rings is 1. The van der Waals surface area contributed by atoms with Crippen LogP contribution in [0, 0.1) is 11.3 Å². The second-order valence-electron chi connectivity index (χ2n) is 5.24. The van der Waals surface area contributed by atoms with Crippen molar-refractivity contribution in [1.82, 2.24) is 19.4 Å². The molecule has 5 nitrogen and oxygen atoms in total. The Morgan fingerprint density at radius 3 is 2.95 bits per heavy atom. The third kappa shape index (κ3) is 3.08. The van der Waals surface area contributed by atoms with Gasteiger partial charge in [-0.25, -0.2) is 4.98 Å². The number of H-pyrrole nitrogens is 1. The lowest BCUT2D eigenvalue weighted by Crippen LogP contribution is -2.19. The molecule has 22 heavy (non-hydrogen) atoms. The van der Waals surface area contributed by atoms with Gasteiger partial charge in [-0.15, -0.1) is 0 Å². The van der Waals surface area contributed by atoms with Gasteiger partial charge < -0.3 is 9.55 Å². The van der Waals surface area contributed by atoms with Crippen molar-refractivity contribution in [3.8, 4) is 11.8 Å². The molecule has 0 atom stereocenters. The minimum absolute atomic E-state index is 0.668. The SMILES string of the molecule is CN(Cc1ncc[nH]1)Cc1cccn1-c1cccc(C#N)c1. The lowest BCUT2D eigenvalue weighted by atomic mass is 10.2. The Hall–Kier alpha value is -2.84. The highest BCUT2D eigenvalue weighted by Crippen LogP contribution is 2.16. The fourth-order valence-electron chi connectivity index (χ4n) is 2.49. The van der Waals surface area contributed by atoms with Gasteiger partial charge in [-0.3, -0.25) is 4.90 Å². The maximum atomic E-state index is 9.04. The maximum Gasteiger partial charge on any atom is 0.120 e. The predicted octanol–water partition coefficient (Wildman–Crippen LogP) is 2.70. The molecule has 0 saturated carbocycles. The summed E-state index contributed by atoms with van der Waals surface area (Å²) in [5, 5.41) is 9.04. The number of nitriles is 1. The van der Waals surface area contributed by atoms with Gasteiger partial charge in [0.1, 0.15) is 5.82 Å². The molecule has 3 rings (SSSR count). The molecule has 1 aromatic carbocycles. The van der Waals surface area contributed by atoms with Gasteiger partial charge >= 0.3 is 0 Å². The maximum absolute atomic E-state index is 9.04. The van der Waals surface area contributed by atoms with Gasteiger partial charge in [0.25, 0.3) is 0 Å². The largest absolute Gasteiger partial charge is 0.348 e. The van der Waals surface area contributed by atoms with Crippen LogP contribution in [0.5, 0.6) is 0 Å². The Bertz CT molecular complexity index is 779. The molecule has 0 aliphatic rings. The minimum atomic E-state index is 0.668. The first-order valence-corrected chi connectivity index (χ1v) is 7.10. The van der Waals surface area contributed by atoms with Crippen LogP contribution in [0.15, 0.2) is 55.0 Å². The summed E-state index contributed by atoms with van der Waals surface area (Å²) in [5.41, 5.74) is 2.84. The van der Waals surface area contributed by atoms with Crippen LogP contribution >= 0.6 is 0 Å². The summed E-state index contributed by atoms with van der Waals surface area (Å²) in [7, 11) is 2.06. The smallest absolute Gasteiger partial charge is 0.120 e. The zero-order chi connectivity index (χ0) is 15.4. The van der Waals surface area contributed by atoms with E-state index >= 15 is 0 Å². The van der Waals surface area contributed by atoms with Crippen molar-refractivity contribution in [2.24, 2.45) is 0 Å². The van der Waals surface area contributed by atoms with E-state index in [0.717, 1.165) is 24.6 Å². The zero-order valence-corrected chi connectivity index (χ0v) is 12.4. The molecule has 0 saturated heterocycles. The molecule has 0 unspecified atom stereocenters. The monoisotopic (exact) mass is 291 g/mol. The van der Waals surface area contributed by atoms with Gasteiger partial charge in [-0.1, -0.05) is 6.07 Å². The zero-order valence-electron chi connectivity index (χ0n) is 12.4. The number of nitrogens with one attached hydrogen (secondary N) is 1. The molecule has 2 aromatic heterocycles. The summed E-state index contributed by atoms with van der Waals surface area (Å²) < 4.78 is 2.11. The van der Waals surface area contributed by atoms with Crippen molar-refractivity contribution in [3.05, 3.63) is 72.1 Å². The summed E-state index contributed by atoms with van der Waals surface area (Å²) in [4.78, 5) is 9.56. The van der Waals surface area contributed by atoms with E-state index in [1.807, 2.05) is 42.7 Å². The van der Waals surface area contributed by atoms with E-state index < -0.39 is 0 Å². The van der Waals surface area contributed by atoms with Gasteiger partial charge in [0.15, 0.2) is 0 Å². The molecule has 2 heterocycles. The van der Waals surface area contributed by atoms with Gasteiger partial charge in [-0.2, -0.15) is 5.26 Å². The third-order valence-electron chi connectivity index (χ3n) is 3.49. The summed E-state index contributed by atoms with van der Waals surface area (Å²) in [6.07, 6.45) is 5.62. The number of hydrogen-bond acceptors (Lipinski definition) is 3. The quantitative estimate of drug-likeness (QED) is 0.786. The van der Waals surface area contributed by atoms with Crippen LogP contribution in [0.2, 0.25) is 0 Å². The summed E-state index contributed by atoms with van der Waals surface area (Å²) >= 11 is 0. The highest BCUT2D eigenvalue weighted by Gasteiger charge is 2.08. The number of aromatic nitrogens is 3. The van der Waals surface area contributed by atoms with Crippen LogP contribution in [0.1, 0.15) is 17.1 Å². The molecule has 5 heteroatoms. The first kappa shape index (κ1) is 14.1. The fraction of sp³-hybridized carbons (Fsp3) is 0.176. The van der Waals surface area contributed by atoms with Gasteiger partial charge in [0, 0.05) is 36.5 Å². The topological polar surface area (TPSA) is 60.6 Å². The molecule has 0 bridgehead atoms. The van der Waals surface area contributed by atoms with Crippen LogP contribution in [0.25, 0.3) is 5.69 Å². The first-order chi connectivity index (χ1) is 10.8. The van der Waals surface area contributed by atoms with Crippen molar-refractivity contribution in [2.45, 2.75) is 13.1 Å². The first-order valence-electron chi connectivity index (χ1n) is 7.10. The highest BCUT2D eigenvalue weighted by molar-refractivity contribution is 5.42. The molecule has 0 amide bonds. The van der Waals surface area contributed by atoms with Crippen LogP contribution in [0.3, 0.4) is 0 Å². The Balaban J connectivity index is 1.78. The summed E-state index contributed by atoms with van der Waals surface area (Å²) in [6, 6.07) is 13.9. The fourth-order valence-corrected chi connectivity index (χ4v) is 2.49. The van der Waals surface area contributed by atoms with Crippen molar-refractivity contribution in [2.75, 3.05) is 7.05 Å². The Morgan fingerprint density at radius 2 is 2.18 bits per heavy atom. The number of aromatic amines is 1. The number of nitrogens with zero attached hydrogens (tertiary/aromatic N) is 4. The molecule has 0 fully saturated rings. The minimum Gasteiger partial charge on any atom is -0.348 e. The Labute approximate surface area is 129 Å². The third-order valence-corrected chi connectivity index (χ3v) is 3.49. The Morgan fingerprint density at radius 1 is 1.27 bits per heavy atom. The average Bonchev–Trinajstić information content (AvgIpc) is 3.19. The molecule has 110 valence electrons. The molecule has 1 N–H and O–H groups in total. The molecule has 0 aliphatic heterocycles. The van der Waals surface area contributed by atoms with Crippen LogP contribution in [-0.4, -0.2) is 26.5 Å². The van der Waals surface area contributed by atoms with E-state index in [1.165, 1.54) is 5.69 Å². The van der Waals surface area contributed by atoms with Gasteiger partial charge in [0.05, 0.1) is 18.2 Å². The molecular weight excluding hydrogens is 274 g/mol. The van der Waals surface area contributed by atoms with Gasteiger partial charge in [0.2, 0.25) is 0 Å². The Kier molecular flexibility index (Phi) is 4.03. The second kappa shape index (κ2) is 6.29. The molecule has 0 spiro atoms. The van der Waals surface area contributed by atoms with Crippen LogP contribution in [-0.2, 0) is 13.1 Å². The normalized spacial score (nSPS) is 10.8. The van der Waals surface area contributed by atoms with Gasteiger partial charge in [-0.05, 0) is 37.4 Å². The number of imidazole rings is 1. The molecule has 0 aliphatic carbocycles. The van der Waals surface area contributed by atoms with Crippen LogP contribution in [0.4, 0.5) is 0 Å². The van der Waals surface area contributed by atoms with E-state index in [-0.39, 0.29) is 0 Å². The molecular formula is C17H17N5. The van der Waals surface area contributed by atoms with Crippen LogP contribution < -0.4 is 0 Å². The van der Waals surface area contributed by atoms with Crippen molar-refractivity contribution in [1.29, 1.82) is 5.26 Å². The van der Waals surface area contributed by atoms with E-state index in [9.17, 15) is 0 Å². The number of rotatable bonds is 5. The summed E-state index contributed by atoms with van der Waals surface area (Å²) in [5.74, 6) is 0.951. The van der Waals surface area contributed by atoms with E-state index in [2.05, 4.69) is 38.6 Å². The van der Waals surface area contributed by atoms with Crippen molar-refractivity contribution in [3.63, 3.8) is 0 Å². The number of hydrogen-bond donors (Lipinski definition) is 1. The lowest BCUT2D eigenvalue weighted by molar-refractivity contribution is 0.306. The van der Waals surface area contributed by atoms with Crippen molar-refractivity contribution >= 4 is 0 Å². The average molecular weight is 291 g/mol. The van der Waals surface area contributed by atoms with E-state index in [1.54, 1.807) is 6.20 Å². The lowest BCUT2D eigenvalue weighted by Gasteiger charge is -2.17. The second-order valence-corrected chi connectivity index (χ2v) is 5.24.